The monoisotopic (exact) mass is 188 g/mol. The molecule has 0 fully saturated rings. The largest absolute Gasteiger partial charge is 0.479 e. The van der Waals surface area contributed by atoms with Crippen LogP contribution >= 0.6 is 0 Å². The molecule has 0 unspecified atom stereocenters. The van der Waals surface area contributed by atoms with Crippen molar-refractivity contribution in [2.45, 2.75) is 46.6 Å². The van der Waals surface area contributed by atoms with Crippen LogP contribution in [0.15, 0.2) is 0 Å². The minimum atomic E-state index is -1.21. The molecule has 0 aliphatic carbocycles. The first-order valence-corrected chi connectivity index (χ1v) is 4.63. The third-order valence-corrected chi connectivity index (χ3v) is 1.87. The quantitative estimate of drug-likeness (QED) is 0.708. The Kier molecular flexibility index (Phi) is 4.40. The third kappa shape index (κ3) is 6.58. The fourth-order valence-corrected chi connectivity index (χ4v) is 1.61. The van der Waals surface area contributed by atoms with Gasteiger partial charge in [0.1, 0.15) is 0 Å². The lowest BCUT2D eigenvalue weighted by Gasteiger charge is -2.23. The summed E-state index contributed by atoms with van der Waals surface area (Å²) < 4.78 is 0. The second-order valence-corrected chi connectivity index (χ2v) is 4.96. The SMILES string of the molecule is C[C@H](C[C@@H](O)C(=O)O)CC(C)(C)C. The van der Waals surface area contributed by atoms with Crippen LogP contribution in [0.5, 0.6) is 0 Å². The van der Waals surface area contributed by atoms with Crippen LogP contribution in [0.4, 0.5) is 0 Å². The minimum Gasteiger partial charge on any atom is -0.479 e. The van der Waals surface area contributed by atoms with Gasteiger partial charge in [0.2, 0.25) is 0 Å². The van der Waals surface area contributed by atoms with E-state index >= 15 is 0 Å². The maximum Gasteiger partial charge on any atom is 0.332 e. The summed E-state index contributed by atoms with van der Waals surface area (Å²) in [6, 6.07) is 0. The molecule has 0 spiro atoms. The first kappa shape index (κ1) is 12.4. The molecular weight excluding hydrogens is 168 g/mol. The van der Waals surface area contributed by atoms with Gasteiger partial charge in [-0.1, -0.05) is 27.7 Å². The van der Waals surface area contributed by atoms with Gasteiger partial charge in [-0.05, 0) is 24.2 Å². The average Bonchev–Trinajstić information content (AvgIpc) is 1.81. The van der Waals surface area contributed by atoms with Crippen LogP contribution in [0.1, 0.15) is 40.5 Å². The molecule has 0 bridgehead atoms. The summed E-state index contributed by atoms with van der Waals surface area (Å²) in [6.07, 6.45) is 0.0570. The number of aliphatic hydroxyl groups excluding tert-OH is 1. The molecule has 0 aromatic rings. The molecule has 2 N–H and O–H groups in total. The van der Waals surface area contributed by atoms with Gasteiger partial charge in [0.15, 0.2) is 6.10 Å². The molecule has 78 valence electrons. The first-order valence-electron chi connectivity index (χ1n) is 4.63. The van der Waals surface area contributed by atoms with Crippen molar-refractivity contribution in [2.24, 2.45) is 11.3 Å². The van der Waals surface area contributed by atoms with Crippen LogP contribution in [0.2, 0.25) is 0 Å². The van der Waals surface area contributed by atoms with Crippen molar-refractivity contribution < 1.29 is 15.0 Å². The molecule has 0 heterocycles. The van der Waals surface area contributed by atoms with Gasteiger partial charge in [-0.3, -0.25) is 0 Å². The van der Waals surface area contributed by atoms with E-state index in [1.165, 1.54) is 0 Å². The van der Waals surface area contributed by atoms with Crippen molar-refractivity contribution >= 4 is 5.97 Å². The maximum absolute atomic E-state index is 10.4. The number of carbonyl (C=O) groups is 1. The van der Waals surface area contributed by atoms with Gasteiger partial charge < -0.3 is 10.2 Å². The molecule has 13 heavy (non-hydrogen) atoms. The van der Waals surface area contributed by atoms with E-state index < -0.39 is 12.1 Å². The van der Waals surface area contributed by atoms with Crippen LogP contribution in [-0.4, -0.2) is 22.3 Å². The highest BCUT2D eigenvalue weighted by molar-refractivity contribution is 5.71. The zero-order valence-electron chi connectivity index (χ0n) is 8.87. The smallest absolute Gasteiger partial charge is 0.332 e. The van der Waals surface area contributed by atoms with Crippen LogP contribution in [-0.2, 0) is 4.79 Å². The van der Waals surface area contributed by atoms with E-state index in [0.717, 1.165) is 6.42 Å². The summed E-state index contributed by atoms with van der Waals surface area (Å²) in [4.78, 5) is 10.4. The number of carboxylic acid groups (broad SMARTS) is 1. The van der Waals surface area contributed by atoms with Crippen molar-refractivity contribution in [1.82, 2.24) is 0 Å². The summed E-state index contributed by atoms with van der Waals surface area (Å²) in [6.45, 7) is 8.29. The molecule has 2 atom stereocenters. The Bertz CT molecular complexity index is 169. The topological polar surface area (TPSA) is 57.5 Å². The highest BCUT2D eigenvalue weighted by Gasteiger charge is 2.21. The zero-order valence-corrected chi connectivity index (χ0v) is 8.87. The number of aliphatic carboxylic acids is 1. The minimum absolute atomic E-state index is 0.192. The van der Waals surface area contributed by atoms with Crippen LogP contribution < -0.4 is 0 Å². The number of carboxylic acids is 1. The molecule has 0 radical (unpaired) electrons. The van der Waals surface area contributed by atoms with E-state index in [1.54, 1.807) is 0 Å². The highest BCUT2D eigenvalue weighted by Crippen LogP contribution is 2.26. The Hall–Kier alpha value is -0.570. The molecule has 0 aliphatic rings. The van der Waals surface area contributed by atoms with E-state index in [-0.39, 0.29) is 11.3 Å². The molecule has 0 aliphatic heterocycles. The second-order valence-electron chi connectivity index (χ2n) is 4.96. The first-order chi connectivity index (χ1) is 5.72. The van der Waals surface area contributed by atoms with Gasteiger partial charge in [-0.2, -0.15) is 0 Å². The summed E-state index contributed by atoms with van der Waals surface area (Å²) in [5, 5.41) is 17.6. The van der Waals surface area contributed by atoms with E-state index in [4.69, 9.17) is 10.2 Å². The molecule has 3 nitrogen and oxygen atoms in total. The van der Waals surface area contributed by atoms with Crippen LogP contribution in [0.25, 0.3) is 0 Å². The summed E-state index contributed by atoms with van der Waals surface area (Å²) >= 11 is 0. The highest BCUT2D eigenvalue weighted by atomic mass is 16.4. The maximum atomic E-state index is 10.4. The summed E-state index contributed by atoms with van der Waals surface area (Å²) in [7, 11) is 0. The number of hydrogen-bond donors (Lipinski definition) is 2. The Morgan fingerprint density at radius 3 is 2.15 bits per heavy atom. The van der Waals surface area contributed by atoms with Gasteiger partial charge >= 0.3 is 5.97 Å². The molecule has 0 saturated carbocycles. The van der Waals surface area contributed by atoms with Gasteiger partial charge in [-0.25, -0.2) is 4.79 Å². The number of hydrogen-bond acceptors (Lipinski definition) is 2. The van der Waals surface area contributed by atoms with Crippen molar-refractivity contribution in [3.8, 4) is 0 Å². The summed E-state index contributed by atoms with van der Waals surface area (Å²) in [5.74, 6) is -0.883. The molecule has 0 aromatic carbocycles. The van der Waals surface area contributed by atoms with Crippen molar-refractivity contribution in [2.75, 3.05) is 0 Å². The lowest BCUT2D eigenvalue weighted by molar-refractivity contribution is -0.147. The predicted molar refractivity (Wildman–Crippen MR) is 51.5 cm³/mol. The summed E-state index contributed by atoms with van der Waals surface area (Å²) in [5.41, 5.74) is 0.192. The Labute approximate surface area is 79.8 Å². The lowest BCUT2D eigenvalue weighted by Crippen LogP contribution is -2.24. The van der Waals surface area contributed by atoms with E-state index in [0.29, 0.717) is 6.42 Å². The van der Waals surface area contributed by atoms with Crippen molar-refractivity contribution in [3.63, 3.8) is 0 Å². The zero-order chi connectivity index (χ0) is 10.6. The van der Waals surface area contributed by atoms with E-state index in [9.17, 15) is 4.79 Å². The standard InChI is InChI=1S/C10H20O3/c1-7(6-10(2,3)4)5-8(11)9(12)13/h7-8,11H,5-6H2,1-4H3,(H,12,13)/t7-,8-/m1/s1. The molecule has 0 saturated heterocycles. The van der Waals surface area contributed by atoms with Crippen molar-refractivity contribution in [3.05, 3.63) is 0 Å². The normalized spacial score (nSPS) is 16.7. The predicted octanol–water partition coefficient (Wildman–Crippen LogP) is 1.89. The molecule has 3 heteroatoms. The number of rotatable bonds is 4. The second kappa shape index (κ2) is 4.61. The molecule has 0 rings (SSSR count). The Morgan fingerprint density at radius 1 is 1.38 bits per heavy atom. The molecule has 0 amide bonds. The Morgan fingerprint density at radius 2 is 1.85 bits per heavy atom. The third-order valence-electron chi connectivity index (χ3n) is 1.87. The van der Waals surface area contributed by atoms with Crippen molar-refractivity contribution in [1.29, 1.82) is 0 Å². The fourth-order valence-electron chi connectivity index (χ4n) is 1.61. The van der Waals surface area contributed by atoms with Gasteiger partial charge in [0.05, 0.1) is 0 Å². The van der Waals surface area contributed by atoms with Gasteiger partial charge in [0, 0.05) is 0 Å². The van der Waals surface area contributed by atoms with Crippen LogP contribution in [0.3, 0.4) is 0 Å². The van der Waals surface area contributed by atoms with E-state index in [2.05, 4.69) is 20.8 Å². The average molecular weight is 188 g/mol. The Balaban J connectivity index is 3.88. The van der Waals surface area contributed by atoms with Crippen LogP contribution in [0, 0.1) is 11.3 Å². The van der Waals surface area contributed by atoms with E-state index in [1.807, 2.05) is 6.92 Å². The fraction of sp³-hybridized carbons (Fsp3) is 0.900. The molecular formula is C10H20O3. The number of aliphatic hydroxyl groups is 1. The lowest BCUT2D eigenvalue weighted by atomic mass is 9.83. The van der Waals surface area contributed by atoms with Gasteiger partial charge in [0.25, 0.3) is 0 Å². The molecule has 0 aromatic heterocycles. The van der Waals surface area contributed by atoms with Gasteiger partial charge in [-0.15, -0.1) is 0 Å².